The Labute approximate surface area is 133 Å². The van der Waals surface area contributed by atoms with Crippen molar-refractivity contribution in [3.05, 3.63) is 0 Å². The largest absolute Gasteiger partial charge is 0.198 e. The monoisotopic (exact) mass is 327 g/mol. The zero-order valence-electron chi connectivity index (χ0n) is 12.4. The molecule has 3 atom stereocenters. The Bertz CT molecular complexity index is 487. The van der Waals surface area contributed by atoms with Crippen molar-refractivity contribution in [3.8, 4) is 6.07 Å². The lowest BCUT2D eigenvalue weighted by Crippen LogP contribution is -2.32. The van der Waals surface area contributed by atoms with Crippen molar-refractivity contribution < 1.29 is 0 Å². The van der Waals surface area contributed by atoms with E-state index in [1.165, 1.54) is 6.42 Å². The highest BCUT2D eigenvalue weighted by Crippen LogP contribution is 2.46. The summed E-state index contributed by atoms with van der Waals surface area (Å²) in [6, 6.07) is 2.50. The molecule has 0 aromatic carbocycles. The zero-order chi connectivity index (χ0) is 14.8. The third-order valence-corrected chi connectivity index (χ3v) is 7.34. The Morgan fingerprint density at radius 1 is 1.25 bits per heavy atom. The summed E-state index contributed by atoms with van der Waals surface area (Å²) in [5.41, 5.74) is 0.324. The topological polar surface area (TPSA) is 49.6 Å². The van der Waals surface area contributed by atoms with Gasteiger partial charge in [0.2, 0.25) is 0 Å². The van der Waals surface area contributed by atoms with Crippen LogP contribution in [-0.4, -0.2) is 21.7 Å². The number of hydrogen-bond acceptors (Lipinski definition) is 6. The molecule has 0 radical (unpaired) electrons. The smallest absolute Gasteiger partial charge is 0.175 e. The molecular formula is C14H21N3S3. The molecule has 0 amide bonds. The Hall–Kier alpha value is -0.250. The highest BCUT2D eigenvalue weighted by Gasteiger charge is 2.37. The summed E-state index contributed by atoms with van der Waals surface area (Å²) in [4.78, 5) is 0. The van der Waals surface area contributed by atoms with Crippen LogP contribution in [0.3, 0.4) is 0 Å². The van der Waals surface area contributed by atoms with Gasteiger partial charge in [0.15, 0.2) is 8.68 Å². The molecule has 1 saturated carbocycles. The van der Waals surface area contributed by atoms with Gasteiger partial charge in [-0.2, -0.15) is 5.26 Å². The summed E-state index contributed by atoms with van der Waals surface area (Å²) < 4.78 is 2.01. The number of nitriles is 1. The van der Waals surface area contributed by atoms with Gasteiger partial charge in [0.05, 0.1) is 12.0 Å². The van der Waals surface area contributed by atoms with Gasteiger partial charge in [-0.3, -0.25) is 0 Å². The molecule has 0 N–H and O–H groups in total. The van der Waals surface area contributed by atoms with E-state index in [1.54, 1.807) is 34.9 Å². The molecule has 3 unspecified atom stereocenters. The van der Waals surface area contributed by atoms with Crippen LogP contribution in [0.1, 0.15) is 40.0 Å². The summed E-state index contributed by atoms with van der Waals surface area (Å²) >= 11 is 5.03. The van der Waals surface area contributed by atoms with Crippen LogP contribution in [0.25, 0.3) is 0 Å². The number of nitrogens with zero attached hydrogens (tertiary/aromatic N) is 3. The van der Waals surface area contributed by atoms with Crippen LogP contribution in [0.5, 0.6) is 0 Å². The van der Waals surface area contributed by atoms with Crippen molar-refractivity contribution in [1.82, 2.24) is 10.2 Å². The minimum atomic E-state index is 0.153. The summed E-state index contributed by atoms with van der Waals surface area (Å²) in [7, 11) is 0. The first kappa shape index (κ1) is 16.1. The molecule has 1 fully saturated rings. The van der Waals surface area contributed by atoms with Crippen LogP contribution >= 0.6 is 34.9 Å². The maximum absolute atomic E-state index is 9.38. The minimum absolute atomic E-state index is 0.153. The van der Waals surface area contributed by atoms with E-state index >= 15 is 0 Å². The number of hydrogen-bond donors (Lipinski definition) is 0. The molecule has 0 saturated heterocycles. The molecule has 20 heavy (non-hydrogen) atoms. The normalized spacial score (nSPS) is 27.2. The molecular weight excluding hydrogens is 306 g/mol. The number of aromatic nitrogens is 2. The molecule has 1 aliphatic rings. The first-order chi connectivity index (χ1) is 9.44. The summed E-state index contributed by atoms with van der Waals surface area (Å²) in [5.74, 6) is 0.845. The van der Waals surface area contributed by atoms with Crippen molar-refractivity contribution >= 4 is 34.9 Å². The van der Waals surface area contributed by atoms with E-state index in [0.29, 0.717) is 16.6 Å². The Morgan fingerprint density at radius 2 is 1.95 bits per heavy atom. The molecule has 1 aromatic heterocycles. The van der Waals surface area contributed by atoms with Crippen molar-refractivity contribution in [2.45, 2.75) is 54.0 Å². The maximum Gasteiger partial charge on any atom is 0.175 e. The second-order valence-corrected chi connectivity index (χ2v) is 9.82. The van der Waals surface area contributed by atoms with E-state index in [1.807, 2.05) is 6.26 Å². The second-order valence-electron chi connectivity index (χ2n) is 6.31. The van der Waals surface area contributed by atoms with Crippen LogP contribution < -0.4 is 0 Å². The Kier molecular flexibility index (Phi) is 5.38. The van der Waals surface area contributed by atoms with Gasteiger partial charge in [-0.1, -0.05) is 55.6 Å². The van der Waals surface area contributed by atoms with Crippen molar-refractivity contribution in [2.75, 3.05) is 6.26 Å². The standard InChI is InChI=1S/C14H21N3S3/c1-14(2,3)10-6-5-9(8-15)11(7-10)19-13-17-16-12(18-4)20-13/h9-11H,5-7H2,1-4H3. The van der Waals surface area contributed by atoms with E-state index in [-0.39, 0.29) is 5.92 Å². The fourth-order valence-electron chi connectivity index (χ4n) is 2.65. The van der Waals surface area contributed by atoms with Crippen LogP contribution in [0, 0.1) is 28.6 Å². The SMILES string of the molecule is CSc1nnc(SC2CC(C(C)(C)C)CCC2C#N)s1. The Balaban J connectivity index is 2.07. The van der Waals surface area contributed by atoms with Gasteiger partial charge < -0.3 is 0 Å². The molecule has 1 aliphatic carbocycles. The summed E-state index contributed by atoms with van der Waals surface area (Å²) in [6.45, 7) is 6.93. The lowest BCUT2D eigenvalue weighted by atomic mass is 9.70. The van der Waals surface area contributed by atoms with Crippen molar-refractivity contribution in [1.29, 1.82) is 5.26 Å². The molecule has 6 heteroatoms. The lowest BCUT2D eigenvalue weighted by Gasteiger charge is -2.39. The van der Waals surface area contributed by atoms with Crippen molar-refractivity contribution in [3.63, 3.8) is 0 Å². The maximum atomic E-state index is 9.38. The zero-order valence-corrected chi connectivity index (χ0v) is 14.9. The number of rotatable bonds is 3. The number of thioether (sulfide) groups is 2. The molecule has 0 spiro atoms. The third-order valence-electron chi connectivity index (χ3n) is 4.00. The molecule has 3 nitrogen and oxygen atoms in total. The summed E-state index contributed by atoms with van der Waals surface area (Å²) in [6.07, 6.45) is 5.32. The van der Waals surface area contributed by atoms with Crippen LogP contribution in [0.2, 0.25) is 0 Å². The molecule has 2 rings (SSSR count). The molecule has 0 aliphatic heterocycles. The first-order valence-corrected chi connectivity index (χ1v) is 9.80. The summed E-state index contributed by atoms with van der Waals surface area (Å²) in [5, 5.41) is 18.1. The molecule has 0 bridgehead atoms. The van der Waals surface area contributed by atoms with Crippen LogP contribution in [0.15, 0.2) is 8.68 Å². The lowest BCUT2D eigenvalue weighted by molar-refractivity contribution is 0.169. The Morgan fingerprint density at radius 3 is 2.50 bits per heavy atom. The van der Waals surface area contributed by atoms with Gasteiger partial charge in [0.25, 0.3) is 0 Å². The van der Waals surface area contributed by atoms with Crippen molar-refractivity contribution in [2.24, 2.45) is 17.3 Å². The average Bonchev–Trinajstić information content (AvgIpc) is 2.85. The van der Waals surface area contributed by atoms with Gasteiger partial charge in [-0.15, -0.1) is 10.2 Å². The van der Waals surface area contributed by atoms with Gasteiger partial charge in [0.1, 0.15) is 0 Å². The fraction of sp³-hybridized carbons (Fsp3) is 0.786. The first-order valence-electron chi connectivity index (χ1n) is 6.87. The predicted molar refractivity (Wildman–Crippen MR) is 87.2 cm³/mol. The average molecular weight is 328 g/mol. The van der Waals surface area contributed by atoms with Gasteiger partial charge >= 0.3 is 0 Å². The highest BCUT2D eigenvalue weighted by atomic mass is 32.2. The third kappa shape index (κ3) is 3.90. The van der Waals surface area contributed by atoms with E-state index in [4.69, 9.17) is 0 Å². The van der Waals surface area contributed by atoms with Gasteiger partial charge in [0, 0.05) is 5.25 Å². The second kappa shape index (κ2) is 6.67. The predicted octanol–water partition coefficient (Wildman–Crippen LogP) is 4.71. The van der Waals surface area contributed by atoms with E-state index in [2.05, 4.69) is 37.0 Å². The van der Waals surface area contributed by atoms with Gasteiger partial charge in [-0.25, -0.2) is 0 Å². The molecule has 1 heterocycles. The molecule has 110 valence electrons. The van der Waals surface area contributed by atoms with E-state index in [0.717, 1.165) is 21.5 Å². The van der Waals surface area contributed by atoms with E-state index in [9.17, 15) is 5.26 Å². The highest BCUT2D eigenvalue weighted by molar-refractivity contribution is 8.03. The van der Waals surface area contributed by atoms with Crippen LogP contribution in [-0.2, 0) is 0 Å². The minimum Gasteiger partial charge on any atom is -0.198 e. The van der Waals surface area contributed by atoms with E-state index < -0.39 is 0 Å². The quantitative estimate of drug-likeness (QED) is 0.753. The van der Waals surface area contributed by atoms with Crippen LogP contribution in [0.4, 0.5) is 0 Å². The van der Waals surface area contributed by atoms with Gasteiger partial charge in [-0.05, 0) is 36.9 Å². The molecule has 1 aromatic rings. The fourth-order valence-corrected chi connectivity index (χ4v) is 5.65.